The number of alkyl halides is 3. The van der Waals surface area contributed by atoms with Gasteiger partial charge in [-0.1, -0.05) is 84.4 Å². The van der Waals surface area contributed by atoms with E-state index in [0.29, 0.717) is 29.8 Å². The van der Waals surface area contributed by atoms with Crippen molar-refractivity contribution >= 4 is 35.9 Å². The summed E-state index contributed by atoms with van der Waals surface area (Å²) in [5.74, 6) is -0.969. The Kier molecular flexibility index (Phi) is 13.3. The van der Waals surface area contributed by atoms with Gasteiger partial charge < -0.3 is 14.6 Å². The maximum atomic E-state index is 13.6. The first kappa shape index (κ1) is 35.4. The molecule has 0 spiro atoms. The number of ether oxygens (including phenoxy) is 2. The fourth-order valence-corrected chi connectivity index (χ4v) is 4.97. The number of carbonyl (C=O) groups is 2. The highest BCUT2D eigenvalue weighted by Gasteiger charge is 2.34. The average Bonchev–Trinajstić information content (AvgIpc) is 3.00. The smallest absolute Gasteiger partial charge is 0.417 e. The molecule has 4 aromatic carbocycles. The number of benzene rings is 4. The predicted octanol–water partition coefficient (Wildman–Crippen LogP) is 8.28. The van der Waals surface area contributed by atoms with Crippen LogP contribution >= 0.6 is 24.0 Å². The van der Waals surface area contributed by atoms with Crippen LogP contribution in [0.15, 0.2) is 103 Å². The van der Waals surface area contributed by atoms with Crippen molar-refractivity contribution in [1.29, 1.82) is 0 Å². The molecule has 0 aliphatic rings. The highest BCUT2D eigenvalue weighted by atomic mass is 35.5. The van der Waals surface area contributed by atoms with E-state index in [1.54, 1.807) is 60.7 Å². The van der Waals surface area contributed by atoms with Crippen LogP contribution in [0.1, 0.15) is 45.1 Å². The highest BCUT2D eigenvalue weighted by molar-refractivity contribution is 6.32. The van der Waals surface area contributed by atoms with Crippen molar-refractivity contribution < 1.29 is 37.3 Å². The molecular weight excluding hydrogens is 630 g/mol. The molecule has 4 aromatic rings. The number of carboxylic acids is 1. The Morgan fingerprint density at radius 2 is 1.56 bits per heavy atom. The lowest BCUT2D eigenvalue weighted by atomic mass is 10.1. The molecule has 238 valence electrons. The van der Waals surface area contributed by atoms with Crippen LogP contribution in [0.4, 0.5) is 13.2 Å². The standard InChI is InChI=1S/C34H31ClF3NO5.ClH/c35-32-27(15-8-17-29(32)34(36,37)38)22-39(18-9-19-43-28-16-7-10-24(20-28)21-31(40)41)23-30(25-11-3-1-4-12-25)44-33(42)26-13-5-2-6-14-26;/h1-8,10-17,20,30H,9,18-19,21-23H2,(H,40,41);1H. The van der Waals surface area contributed by atoms with Crippen LogP contribution in [0.2, 0.25) is 5.02 Å². The van der Waals surface area contributed by atoms with Crippen molar-refractivity contribution in [1.82, 2.24) is 4.90 Å². The summed E-state index contributed by atoms with van der Waals surface area (Å²) < 4.78 is 52.6. The lowest BCUT2D eigenvalue weighted by molar-refractivity contribution is -0.138. The van der Waals surface area contributed by atoms with Gasteiger partial charge in [-0.3, -0.25) is 9.69 Å². The number of rotatable bonds is 14. The summed E-state index contributed by atoms with van der Waals surface area (Å²) in [6.45, 7) is 0.850. The largest absolute Gasteiger partial charge is 0.494 e. The Labute approximate surface area is 270 Å². The minimum Gasteiger partial charge on any atom is -0.494 e. The van der Waals surface area contributed by atoms with Crippen LogP contribution in [-0.2, 0) is 28.7 Å². The number of nitrogens with zero attached hydrogens (tertiary/aromatic N) is 1. The summed E-state index contributed by atoms with van der Waals surface area (Å²) in [6.07, 6.45) is -5.01. The Hall–Kier alpha value is -4.05. The van der Waals surface area contributed by atoms with Gasteiger partial charge in [-0.15, -0.1) is 12.4 Å². The average molecular weight is 663 g/mol. The maximum Gasteiger partial charge on any atom is 0.417 e. The molecular formula is C34H32Cl2F3NO5. The zero-order chi connectivity index (χ0) is 31.5. The molecule has 0 aromatic heterocycles. The summed E-state index contributed by atoms with van der Waals surface area (Å²) in [4.78, 5) is 26.0. The molecule has 0 aliphatic heterocycles. The highest BCUT2D eigenvalue weighted by Crippen LogP contribution is 2.37. The topological polar surface area (TPSA) is 76.1 Å². The van der Waals surface area contributed by atoms with Gasteiger partial charge in [0.1, 0.15) is 11.9 Å². The van der Waals surface area contributed by atoms with Gasteiger partial charge in [-0.25, -0.2) is 4.79 Å². The van der Waals surface area contributed by atoms with E-state index in [-0.39, 0.29) is 49.1 Å². The van der Waals surface area contributed by atoms with Crippen molar-refractivity contribution in [3.8, 4) is 5.75 Å². The maximum absolute atomic E-state index is 13.6. The summed E-state index contributed by atoms with van der Waals surface area (Å²) in [6, 6.07) is 28.3. The van der Waals surface area contributed by atoms with Gasteiger partial charge in [0.2, 0.25) is 0 Å². The first-order valence-electron chi connectivity index (χ1n) is 13.9. The van der Waals surface area contributed by atoms with E-state index in [9.17, 15) is 22.8 Å². The number of hydrogen-bond donors (Lipinski definition) is 1. The van der Waals surface area contributed by atoms with E-state index in [0.717, 1.165) is 11.6 Å². The predicted molar refractivity (Wildman–Crippen MR) is 168 cm³/mol. The van der Waals surface area contributed by atoms with Gasteiger partial charge in [-0.05, 0) is 53.4 Å². The minimum atomic E-state index is -4.61. The number of esters is 1. The molecule has 0 radical (unpaired) electrons. The lowest BCUT2D eigenvalue weighted by Crippen LogP contribution is -2.32. The molecule has 0 heterocycles. The Morgan fingerprint density at radius 1 is 0.889 bits per heavy atom. The first-order valence-corrected chi connectivity index (χ1v) is 14.3. The third kappa shape index (κ3) is 10.8. The normalized spacial score (nSPS) is 11.8. The van der Waals surface area contributed by atoms with E-state index in [4.69, 9.17) is 26.2 Å². The van der Waals surface area contributed by atoms with Gasteiger partial charge in [0.25, 0.3) is 0 Å². The van der Waals surface area contributed by atoms with Crippen molar-refractivity contribution in [2.75, 3.05) is 19.7 Å². The van der Waals surface area contributed by atoms with Crippen LogP contribution in [0.3, 0.4) is 0 Å². The van der Waals surface area contributed by atoms with Gasteiger partial charge >= 0.3 is 18.1 Å². The van der Waals surface area contributed by atoms with Crippen molar-refractivity contribution in [2.45, 2.75) is 31.7 Å². The van der Waals surface area contributed by atoms with Crippen LogP contribution < -0.4 is 4.74 Å². The van der Waals surface area contributed by atoms with E-state index in [2.05, 4.69) is 0 Å². The second-order valence-corrected chi connectivity index (χ2v) is 10.5. The van der Waals surface area contributed by atoms with Crippen molar-refractivity contribution in [3.05, 3.63) is 136 Å². The molecule has 1 unspecified atom stereocenters. The van der Waals surface area contributed by atoms with Gasteiger partial charge in [0.15, 0.2) is 0 Å². The Bertz CT molecular complexity index is 1540. The van der Waals surface area contributed by atoms with E-state index in [1.807, 2.05) is 35.2 Å². The molecule has 0 saturated heterocycles. The lowest BCUT2D eigenvalue weighted by Gasteiger charge is -2.28. The Balaban J connectivity index is 0.00000552. The number of halogens is 5. The number of hydrogen-bond acceptors (Lipinski definition) is 5. The SMILES string of the molecule is Cl.O=C(O)Cc1cccc(OCCCN(Cc2cccc(C(F)(F)F)c2Cl)CC(OC(=O)c2ccccc2)c2ccccc2)c1. The molecule has 1 N–H and O–H groups in total. The third-order valence-corrected chi connectivity index (χ3v) is 7.22. The molecule has 1 atom stereocenters. The number of carbonyl (C=O) groups excluding carboxylic acids is 1. The second-order valence-electron chi connectivity index (χ2n) is 10.1. The fourth-order valence-electron chi connectivity index (χ4n) is 4.68. The van der Waals surface area contributed by atoms with Crippen molar-refractivity contribution in [2.24, 2.45) is 0 Å². The molecule has 0 amide bonds. The zero-order valence-electron chi connectivity index (χ0n) is 24.1. The van der Waals surface area contributed by atoms with Gasteiger partial charge in [0, 0.05) is 19.6 Å². The first-order chi connectivity index (χ1) is 21.1. The molecule has 11 heteroatoms. The fraction of sp³-hybridized carbons (Fsp3) is 0.235. The molecule has 4 rings (SSSR count). The third-order valence-electron chi connectivity index (χ3n) is 6.77. The molecule has 0 fully saturated rings. The summed E-state index contributed by atoms with van der Waals surface area (Å²) in [5.41, 5.74) is 1.06. The van der Waals surface area contributed by atoms with Crippen LogP contribution in [0, 0.1) is 0 Å². The van der Waals surface area contributed by atoms with Crippen LogP contribution in [0.5, 0.6) is 5.75 Å². The van der Waals surface area contributed by atoms with Crippen LogP contribution in [-0.4, -0.2) is 41.6 Å². The van der Waals surface area contributed by atoms with Gasteiger partial charge in [0.05, 0.1) is 29.2 Å². The summed E-state index contributed by atoms with van der Waals surface area (Å²) in [7, 11) is 0. The minimum absolute atomic E-state index is 0. The molecule has 45 heavy (non-hydrogen) atoms. The van der Waals surface area contributed by atoms with E-state index < -0.39 is 29.8 Å². The van der Waals surface area contributed by atoms with Crippen molar-refractivity contribution in [3.63, 3.8) is 0 Å². The van der Waals surface area contributed by atoms with Gasteiger partial charge in [-0.2, -0.15) is 13.2 Å². The van der Waals surface area contributed by atoms with E-state index in [1.165, 1.54) is 6.07 Å². The molecule has 6 nitrogen and oxygen atoms in total. The van der Waals surface area contributed by atoms with Crippen LogP contribution in [0.25, 0.3) is 0 Å². The number of carboxylic acid groups (broad SMARTS) is 1. The number of aliphatic carboxylic acids is 1. The zero-order valence-corrected chi connectivity index (χ0v) is 25.7. The molecule has 0 saturated carbocycles. The monoisotopic (exact) mass is 661 g/mol. The quantitative estimate of drug-likeness (QED) is 0.108. The summed E-state index contributed by atoms with van der Waals surface area (Å²) in [5, 5.41) is 8.68. The molecule has 0 aliphatic carbocycles. The second kappa shape index (κ2) is 16.9. The summed E-state index contributed by atoms with van der Waals surface area (Å²) >= 11 is 6.25. The van der Waals surface area contributed by atoms with E-state index >= 15 is 0 Å². The Morgan fingerprint density at radius 3 is 2.22 bits per heavy atom. The molecule has 0 bridgehead atoms.